The minimum Gasteiger partial charge on any atom is -0.484 e. The number of nitrogens with one attached hydrogen (secondary N) is 1. The van der Waals surface area contributed by atoms with Gasteiger partial charge < -0.3 is 15.8 Å². The normalized spacial score (nSPS) is 21.7. The van der Waals surface area contributed by atoms with Gasteiger partial charge in [0.15, 0.2) is 6.61 Å². The van der Waals surface area contributed by atoms with Crippen LogP contribution < -0.4 is 15.8 Å². The molecule has 0 spiro atoms. The van der Waals surface area contributed by atoms with Gasteiger partial charge in [0.2, 0.25) is 0 Å². The Hall–Kier alpha value is -1.76. The molecule has 1 aromatic carbocycles. The molecule has 2 rings (SSSR count). The van der Waals surface area contributed by atoms with E-state index in [1.54, 1.807) is 0 Å². The highest BCUT2D eigenvalue weighted by molar-refractivity contribution is 5.77. The zero-order valence-electron chi connectivity index (χ0n) is 12.7. The fourth-order valence-electron chi connectivity index (χ4n) is 2.84. The number of nitrogens with two attached hydrogens (primary N) is 1. The van der Waals surface area contributed by atoms with Crippen molar-refractivity contribution in [1.29, 1.82) is 0 Å². The van der Waals surface area contributed by atoms with Crippen LogP contribution in [0.4, 0.5) is 13.2 Å². The summed E-state index contributed by atoms with van der Waals surface area (Å²) in [6, 6.07) is 4.51. The molecule has 23 heavy (non-hydrogen) atoms. The number of alkyl halides is 3. The maximum Gasteiger partial charge on any atom is 0.416 e. The number of carbonyl (C=O) groups is 1. The van der Waals surface area contributed by atoms with Crippen molar-refractivity contribution in [2.24, 2.45) is 11.7 Å². The van der Waals surface area contributed by atoms with Gasteiger partial charge in [-0.3, -0.25) is 4.79 Å². The Morgan fingerprint density at radius 3 is 2.74 bits per heavy atom. The van der Waals surface area contributed by atoms with E-state index in [-0.39, 0.29) is 30.2 Å². The third kappa shape index (κ3) is 5.13. The standard InChI is InChI=1S/C16H21F3N2O2/c17-16(18,19)12-5-3-6-13(8-12)23-10-15(22)21-14-7-2-1-4-11(14)9-20/h3,5-6,8,11,14H,1-2,4,7,9-10,20H2,(H,21,22). The predicted octanol–water partition coefficient (Wildman–Crippen LogP) is 2.72. The van der Waals surface area contributed by atoms with E-state index in [4.69, 9.17) is 10.5 Å². The first-order valence-corrected chi connectivity index (χ1v) is 7.69. The highest BCUT2D eigenvalue weighted by Gasteiger charge is 2.30. The molecule has 0 heterocycles. The van der Waals surface area contributed by atoms with Gasteiger partial charge in [0.25, 0.3) is 5.91 Å². The first kappa shape index (κ1) is 17.6. The fourth-order valence-corrected chi connectivity index (χ4v) is 2.84. The highest BCUT2D eigenvalue weighted by Crippen LogP contribution is 2.31. The number of benzene rings is 1. The zero-order chi connectivity index (χ0) is 16.9. The second-order valence-electron chi connectivity index (χ2n) is 5.77. The van der Waals surface area contributed by atoms with Crippen LogP contribution in [0.5, 0.6) is 5.75 Å². The number of rotatable bonds is 5. The Balaban J connectivity index is 1.87. The molecule has 128 valence electrons. The van der Waals surface area contributed by atoms with Crippen molar-refractivity contribution in [1.82, 2.24) is 5.32 Å². The number of carbonyl (C=O) groups excluding carboxylic acids is 1. The van der Waals surface area contributed by atoms with E-state index >= 15 is 0 Å². The quantitative estimate of drug-likeness (QED) is 0.872. The average molecular weight is 330 g/mol. The molecule has 1 aliphatic carbocycles. The van der Waals surface area contributed by atoms with Crippen LogP contribution in [0, 0.1) is 5.92 Å². The van der Waals surface area contributed by atoms with Gasteiger partial charge in [-0.2, -0.15) is 13.2 Å². The minimum absolute atomic E-state index is 0.0198. The van der Waals surface area contributed by atoms with Crippen LogP contribution in [-0.4, -0.2) is 25.1 Å². The summed E-state index contributed by atoms with van der Waals surface area (Å²) >= 11 is 0. The molecule has 3 N–H and O–H groups in total. The lowest BCUT2D eigenvalue weighted by molar-refractivity contribution is -0.137. The lowest BCUT2D eigenvalue weighted by Crippen LogP contribution is -2.46. The molecule has 7 heteroatoms. The summed E-state index contributed by atoms with van der Waals surface area (Å²) in [7, 11) is 0. The predicted molar refractivity (Wildman–Crippen MR) is 79.9 cm³/mol. The third-order valence-corrected chi connectivity index (χ3v) is 4.09. The molecule has 1 aromatic rings. The van der Waals surface area contributed by atoms with Gasteiger partial charge in [-0.05, 0) is 43.5 Å². The molecule has 2 atom stereocenters. The molecular formula is C16H21F3N2O2. The van der Waals surface area contributed by atoms with E-state index in [1.165, 1.54) is 12.1 Å². The average Bonchev–Trinajstić information content (AvgIpc) is 2.53. The molecular weight excluding hydrogens is 309 g/mol. The van der Waals surface area contributed by atoms with E-state index in [0.29, 0.717) is 6.54 Å². The van der Waals surface area contributed by atoms with Crippen molar-refractivity contribution in [3.63, 3.8) is 0 Å². The van der Waals surface area contributed by atoms with E-state index in [9.17, 15) is 18.0 Å². The number of hydrogen-bond donors (Lipinski definition) is 2. The third-order valence-electron chi connectivity index (χ3n) is 4.09. The van der Waals surface area contributed by atoms with Crippen molar-refractivity contribution in [2.75, 3.05) is 13.2 Å². The molecule has 0 aromatic heterocycles. The van der Waals surface area contributed by atoms with E-state index in [1.807, 2.05) is 0 Å². The fraction of sp³-hybridized carbons (Fsp3) is 0.562. The summed E-state index contributed by atoms with van der Waals surface area (Å²) in [5.41, 5.74) is 4.90. The van der Waals surface area contributed by atoms with Crippen molar-refractivity contribution >= 4 is 5.91 Å². The van der Waals surface area contributed by atoms with Crippen molar-refractivity contribution in [3.8, 4) is 5.75 Å². The van der Waals surface area contributed by atoms with Crippen molar-refractivity contribution in [2.45, 2.75) is 37.9 Å². The molecule has 1 amide bonds. The van der Waals surface area contributed by atoms with Crippen LogP contribution in [-0.2, 0) is 11.0 Å². The van der Waals surface area contributed by atoms with E-state index in [2.05, 4.69) is 5.32 Å². The summed E-state index contributed by atoms with van der Waals surface area (Å²) in [5.74, 6) is -0.0667. The molecule has 0 aliphatic heterocycles. The molecule has 1 saturated carbocycles. The first-order valence-electron chi connectivity index (χ1n) is 7.69. The van der Waals surface area contributed by atoms with Gasteiger partial charge in [0.1, 0.15) is 5.75 Å². The lowest BCUT2D eigenvalue weighted by Gasteiger charge is -2.31. The molecule has 0 radical (unpaired) electrons. The smallest absolute Gasteiger partial charge is 0.416 e. The molecule has 1 aliphatic rings. The first-order chi connectivity index (χ1) is 10.9. The van der Waals surface area contributed by atoms with Crippen LogP contribution >= 0.6 is 0 Å². The Labute approximate surface area is 133 Å². The summed E-state index contributed by atoms with van der Waals surface area (Å²) in [5, 5.41) is 2.87. The number of ether oxygens (including phenoxy) is 1. The Morgan fingerprint density at radius 2 is 2.04 bits per heavy atom. The number of hydrogen-bond acceptors (Lipinski definition) is 3. The SMILES string of the molecule is NCC1CCCCC1NC(=O)COc1cccc(C(F)(F)F)c1. The minimum atomic E-state index is -4.43. The van der Waals surface area contributed by atoms with E-state index < -0.39 is 11.7 Å². The summed E-state index contributed by atoms with van der Waals surface area (Å²) in [4.78, 5) is 11.9. The second-order valence-corrected chi connectivity index (χ2v) is 5.77. The second kappa shape index (κ2) is 7.68. The van der Waals surface area contributed by atoms with Gasteiger partial charge in [0, 0.05) is 6.04 Å². The van der Waals surface area contributed by atoms with Crippen LogP contribution in [0.3, 0.4) is 0 Å². The molecule has 1 fully saturated rings. The number of halogens is 3. The van der Waals surface area contributed by atoms with Gasteiger partial charge in [-0.15, -0.1) is 0 Å². The van der Waals surface area contributed by atoms with Crippen molar-refractivity contribution in [3.05, 3.63) is 29.8 Å². The topological polar surface area (TPSA) is 64.3 Å². The monoisotopic (exact) mass is 330 g/mol. The molecule has 4 nitrogen and oxygen atoms in total. The van der Waals surface area contributed by atoms with Gasteiger partial charge in [-0.1, -0.05) is 18.9 Å². The Morgan fingerprint density at radius 1 is 1.30 bits per heavy atom. The Bertz CT molecular complexity index is 534. The number of amides is 1. The van der Waals surface area contributed by atoms with Gasteiger partial charge in [-0.25, -0.2) is 0 Å². The van der Waals surface area contributed by atoms with Crippen LogP contribution in [0.25, 0.3) is 0 Å². The molecule has 2 unspecified atom stereocenters. The van der Waals surface area contributed by atoms with Gasteiger partial charge >= 0.3 is 6.18 Å². The van der Waals surface area contributed by atoms with Crippen molar-refractivity contribution < 1.29 is 22.7 Å². The molecule has 0 bridgehead atoms. The van der Waals surface area contributed by atoms with Crippen LogP contribution in [0.1, 0.15) is 31.2 Å². The summed E-state index contributed by atoms with van der Waals surface area (Å²) < 4.78 is 43.0. The van der Waals surface area contributed by atoms with Gasteiger partial charge in [0.05, 0.1) is 5.56 Å². The molecule has 0 saturated heterocycles. The van der Waals surface area contributed by atoms with Crippen LogP contribution in [0.2, 0.25) is 0 Å². The zero-order valence-corrected chi connectivity index (χ0v) is 12.7. The summed E-state index contributed by atoms with van der Waals surface area (Å²) in [6.45, 7) is 0.203. The Kier molecular flexibility index (Phi) is 5.87. The van der Waals surface area contributed by atoms with E-state index in [0.717, 1.165) is 37.8 Å². The lowest BCUT2D eigenvalue weighted by atomic mass is 9.84. The largest absolute Gasteiger partial charge is 0.484 e. The maximum absolute atomic E-state index is 12.6. The highest BCUT2D eigenvalue weighted by atomic mass is 19.4. The summed E-state index contributed by atoms with van der Waals surface area (Å²) in [6.07, 6.45) is -0.434. The van der Waals surface area contributed by atoms with Crippen LogP contribution in [0.15, 0.2) is 24.3 Å². The maximum atomic E-state index is 12.6.